The molecule has 1 rings (SSSR count). The second-order valence-electron chi connectivity index (χ2n) is 5.48. The Bertz CT molecular complexity index is 360. The molecule has 0 bridgehead atoms. The molecule has 0 aliphatic rings. The lowest BCUT2D eigenvalue weighted by Crippen LogP contribution is -2.28. The zero-order chi connectivity index (χ0) is 13.5. The van der Waals surface area contributed by atoms with Crippen molar-refractivity contribution < 1.29 is 4.39 Å². The number of aryl methyl sites for hydroxylation is 1. The first-order valence-electron chi connectivity index (χ1n) is 7.00. The Morgan fingerprint density at radius 1 is 1.28 bits per heavy atom. The molecule has 2 heteroatoms. The van der Waals surface area contributed by atoms with Crippen LogP contribution in [0.2, 0.25) is 0 Å². The van der Waals surface area contributed by atoms with Crippen molar-refractivity contribution in [2.75, 3.05) is 13.1 Å². The van der Waals surface area contributed by atoms with Gasteiger partial charge in [0.2, 0.25) is 0 Å². The summed E-state index contributed by atoms with van der Waals surface area (Å²) in [4.78, 5) is 0. The molecule has 1 N–H and O–H groups in total. The van der Waals surface area contributed by atoms with Crippen LogP contribution < -0.4 is 5.32 Å². The molecule has 0 saturated carbocycles. The van der Waals surface area contributed by atoms with Crippen molar-refractivity contribution in [2.45, 2.75) is 40.5 Å². The van der Waals surface area contributed by atoms with Gasteiger partial charge in [-0.05, 0) is 68.0 Å². The predicted molar refractivity (Wildman–Crippen MR) is 76.3 cm³/mol. The van der Waals surface area contributed by atoms with Crippen molar-refractivity contribution in [3.05, 3.63) is 35.1 Å². The zero-order valence-corrected chi connectivity index (χ0v) is 12.1. The summed E-state index contributed by atoms with van der Waals surface area (Å²) in [6, 6.07) is 5.13. The second kappa shape index (κ2) is 7.52. The first kappa shape index (κ1) is 15.2. The Hall–Kier alpha value is -0.890. The number of hydrogen-bond donors (Lipinski definition) is 1. The number of nitrogens with one attached hydrogen (secondary N) is 1. The highest BCUT2D eigenvalue weighted by atomic mass is 19.1. The average Bonchev–Trinajstić information content (AvgIpc) is 2.30. The van der Waals surface area contributed by atoms with Crippen LogP contribution in [-0.2, 0) is 6.42 Å². The van der Waals surface area contributed by atoms with Crippen LogP contribution in [0.4, 0.5) is 4.39 Å². The van der Waals surface area contributed by atoms with Gasteiger partial charge in [0.15, 0.2) is 0 Å². The van der Waals surface area contributed by atoms with Crippen LogP contribution in [0.3, 0.4) is 0 Å². The van der Waals surface area contributed by atoms with E-state index in [0.717, 1.165) is 25.1 Å². The second-order valence-corrected chi connectivity index (χ2v) is 5.48. The Morgan fingerprint density at radius 2 is 2.00 bits per heavy atom. The monoisotopic (exact) mass is 251 g/mol. The third-order valence-electron chi connectivity index (χ3n) is 3.56. The molecule has 1 aromatic rings. The van der Waals surface area contributed by atoms with E-state index < -0.39 is 0 Å². The highest BCUT2D eigenvalue weighted by molar-refractivity contribution is 5.27. The molecule has 0 aromatic heterocycles. The standard InChI is InChI=1S/C16H26FN/c1-5-8-18-11-15(12(2)3)10-14-6-7-16(17)9-13(14)4/h6-7,9,12,15,18H,5,8,10-11H2,1-4H3. The maximum absolute atomic E-state index is 13.1. The first-order valence-corrected chi connectivity index (χ1v) is 7.00. The summed E-state index contributed by atoms with van der Waals surface area (Å²) >= 11 is 0. The van der Waals surface area contributed by atoms with Crippen molar-refractivity contribution in [3.63, 3.8) is 0 Å². The van der Waals surface area contributed by atoms with Crippen molar-refractivity contribution >= 4 is 0 Å². The van der Waals surface area contributed by atoms with E-state index in [1.54, 1.807) is 12.1 Å². The van der Waals surface area contributed by atoms with Gasteiger partial charge in [0.05, 0.1) is 0 Å². The molecule has 0 saturated heterocycles. The fourth-order valence-corrected chi connectivity index (χ4v) is 2.18. The van der Waals surface area contributed by atoms with Crippen molar-refractivity contribution in [1.82, 2.24) is 5.32 Å². The predicted octanol–water partition coefficient (Wildman–Crippen LogP) is 3.95. The van der Waals surface area contributed by atoms with Crippen molar-refractivity contribution in [2.24, 2.45) is 11.8 Å². The van der Waals surface area contributed by atoms with Gasteiger partial charge in [-0.15, -0.1) is 0 Å². The van der Waals surface area contributed by atoms with Gasteiger partial charge in [0.25, 0.3) is 0 Å². The van der Waals surface area contributed by atoms with Crippen LogP contribution in [0.25, 0.3) is 0 Å². The summed E-state index contributed by atoms with van der Waals surface area (Å²) in [5, 5.41) is 3.49. The topological polar surface area (TPSA) is 12.0 Å². The van der Waals surface area contributed by atoms with E-state index in [9.17, 15) is 4.39 Å². The summed E-state index contributed by atoms with van der Waals surface area (Å²) in [6.45, 7) is 10.8. The maximum atomic E-state index is 13.1. The minimum atomic E-state index is -0.138. The Balaban J connectivity index is 2.64. The molecule has 102 valence electrons. The number of hydrogen-bond acceptors (Lipinski definition) is 1. The van der Waals surface area contributed by atoms with E-state index in [1.165, 1.54) is 12.0 Å². The molecule has 0 aliphatic carbocycles. The lowest BCUT2D eigenvalue weighted by molar-refractivity contribution is 0.360. The number of rotatable bonds is 7. The fourth-order valence-electron chi connectivity index (χ4n) is 2.18. The Morgan fingerprint density at radius 3 is 2.56 bits per heavy atom. The first-order chi connectivity index (χ1) is 8.54. The van der Waals surface area contributed by atoms with Crippen LogP contribution in [0, 0.1) is 24.6 Å². The summed E-state index contributed by atoms with van der Waals surface area (Å²) in [5.41, 5.74) is 2.34. The van der Waals surface area contributed by atoms with E-state index in [-0.39, 0.29) is 5.82 Å². The van der Waals surface area contributed by atoms with E-state index in [2.05, 4.69) is 26.1 Å². The highest BCUT2D eigenvalue weighted by Crippen LogP contribution is 2.20. The van der Waals surface area contributed by atoms with Gasteiger partial charge < -0.3 is 5.32 Å². The van der Waals surface area contributed by atoms with Gasteiger partial charge >= 0.3 is 0 Å². The molecule has 1 atom stereocenters. The fraction of sp³-hybridized carbons (Fsp3) is 0.625. The molecular weight excluding hydrogens is 225 g/mol. The van der Waals surface area contributed by atoms with E-state index in [4.69, 9.17) is 0 Å². The molecule has 0 heterocycles. The summed E-state index contributed by atoms with van der Waals surface area (Å²) in [6.07, 6.45) is 2.20. The average molecular weight is 251 g/mol. The van der Waals surface area contributed by atoms with Gasteiger partial charge in [-0.1, -0.05) is 26.8 Å². The number of benzene rings is 1. The largest absolute Gasteiger partial charge is 0.316 e. The van der Waals surface area contributed by atoms with Gasteiger partial charge in [-0.25, -0.2) is 4.39 Å². The van der Waals surface area contributed by atoms with Crippen LogP contribution in [0.5, 0.6) is 0 Å². The maximum Gasteiger partial charge on any atom is 0.123 e. The van der Waals surface area contributed by atoms with Crippen molar-refractivity contribution in [3.8, 4) is 0 Å². The molecule has 1 aromatic carbocycles. The molecule has 1 unspecified atom stereocenters. The third-order valence-corrected chi connectivity index (χ3v) is 3.56. The Labute approximate surface area is 111 Å². The van der Waals surface area contributed by atoms with Crippen LogP contribution in [-0.4, -0.2) is 13.1 Å². The minimum absolute atomic E-state index is 0.138. The summed E-state index contributed by atoms with van der Waals surface area (Å²) < 4.78 is 13.1. The quantitative estimate of drug-likeness (QED) is 0.724. The molecule has 0 amide bonds. The molecule has 0 fully saturated rings. The molecule has 0 aliphatic heterocycles. The van der Waals surface area contributed by atoms with Gasteiger partial charge in [0.1, 0.15) is 5.82 Å². The minimum Gasteiger partial charge on any atom is -0.316 e. The SMILES string of the molecule is CCCNCC(Cc1ccc(F)cc1C)C(C)C. The molecule has 1 nitrogen and oxygen atoms in total. The summed E-state index contributed by atoms with van der Waals surface area (Å²) in [7, 11) is 0. The van der Waals surface area contributed by atoms with Crippen LogP contribution in [0.15, 0.2) is 18.2 Å². The smallest absolute Gasteiger partial charge is 0.123 e. The molecule has 18 heavy (non-hydrogen) atoms. The number of halogens is 1. The van der Waals surface area contributed by atoms with Gasteiger partial charge in [-0.2, -0.15) is 0 Å². The third kappa shape index (κ3) is 4.77. The van der Waals surface area contributed by atoms with E-state index in [0.29, 0.717) is 11.8 Å². The zero-order valence-electron chi connectivity index (χ0n) is 12.1. The van der Waals surface area contributed by atoms with E-state index in [1.807, 2.05) is 13.0 Å². The van der Waals surface area contributed by atoms with Gasteiger partial charge in [-0.3, -0.25) is 0 Å². The molecule has 0 spiro atoms. The molecular formula is C16H26FN. The molecule has 0 radical (unpaired) electrons. The van der Waals surface area contributed by atoms with Gasteiger partial charge in [0, 0.05) is 0 Å². The van der Waals surface area contributed by atoms with Crippen molar-refractivity contribution in [1.29, 1.82) is 0 Å². The van der Waals surface area contributed by atoms with Crippen LogP contribution in [0.1, 0.15) is 38.3 Å². The lowest BCUT2D eigenvalue weighted by atomic mass is 9.87. The summed E-state index contributed by atoms with van der Waals surface area (Å²) in [5.74, 6) is 1.11. The normalized spacial score (nSPS) is 13.0. The Kier molecular flexibility index (Phi) is 6.34. The highest BCUT2D eigenvalue weighted by Gasteiger charge is 2.15. The lowest BCUT2D eigenvalue weighted by Gasteiger charge is -2.22. The van der Waals surface area contributed by atoms with Crippen LogP contribution >= 0.6 is 0 Å². The van der Waals surface area contributed by atoms with E-state index >= 15 is 0 Å².